The number of hydrogen-bond donors (Lipinski definition) is 0. The molecule has 2 atom stereocenters. The van der Waals surface area contributed by atoms with Crippen LogP contribution in [-0.4, -0.2) is 13.4 Å². The van der Waals surface area contributed by atoms with Gasteiger partial charge in [-0.15, -0.1) is 0 Å². The molecule has 70 valence electrons. The Morgan fingerprint density at radius 1 is 1.31 bits per heavy atom. The molecule has 2 nitrogen and oxygen atoms in total. The number of aryl methyl sites for hydroxylation is 1. The zero-order chi connectivity index (χ0) is 9.26. The van der Waals surface area contributed by atoms with Crippen molar-refractivity contribution in [2.75, 3.05) is 7.11 Å². The number of hydrogen-bond acceptors (Lipinski definition) is 2. The largest absolute Gasteiger partial charge is 0.353 e. The van der Waals surface area contributed by atoms with Gasteiger partial charge in [0.25, 0.3) is 0 Å². The fourth-order valence-electron chi connectivity index (χ4n) is 1.46. The van der Waals surface area contributed by atoms with Crippen LogP contribution in [0.5, 0.6) is 0 Å². The SMILES string of the molecule is CCc1ccc(C2OC2OC)cc1. The van der Waals surface area contributed by atoms with Crippen LogP contribution >= 0.6 is 0 Å². The van der Waals surface area contributed by atoms with E-state index in [1.54, 1.807) is 7.11 Å². The van der Waals surface area contributed by atoms with E-state index in [1.807, 2.05) is 0 Å². The average molecular weight is 178 g/mol. The molecule has 1 saturated heterocycles. The summed E-state index contributed by atoms with van der Waals surface area (Å²) in [7, 11) is 1.67. The molecule has 13 heavy (non-hydrogen) atoms. The molecule has 1 fully saturated rings. The summed E-state index contributed by atoms with van der Waals surface area (Å²) in [5.41, 5.74) is 2.57. The van der Waals surface area contributed by atoms with Crippen molar-refractivity contribution in [3.05, 3.63) is 35.4 Å². The van der Waals surface area contributed by atoms with Gasteiger partial charge in [-0.3, -0.25) is 0 Å². The first kappa shape index (κ1) is 8.73. The first-order valence-electron chi connectivity index (χ1n) is 4.62. The van der Waals surface area contributed by atoms with Gasteiger partial charge in [0.05, 0.1) is 0 Å². The van der Waals surface area contributed by atoms with Gasteiger partial charge >= 0.3 is 0 Å². The van der Waals surface area contributed by atoms with E-state index < -0.39 is 0 Å². The minimum absolute atomic E-state index is 0.0209. The highest BCUT2D eigenvalue weighted by atomic mass is 16.8. The molecule has 1 aromatic rings. The smallest absolute Gasteiger partial charge is 0.188 e. The molecule has 0 bridgehead atoms. The third-order valence-corrected chi connectivity index (χ3v) is 2.40. The van der Waals surface area contributed by atoms with Gasteiger partial charge in [-0.05, 0) is 17.5 Å². The van der Waals surface area contributed by atoms with Crippen LogP contribution in [0.15, 0.2) is 24.3 Å². The van der Waals surface area contributed by atoms with Crippen molar-refractivity contribution >= 4 is 0 Å². The fraction of sp³-hybridized carbons (Fsp3) is 0.455. The summed E-state index contributed by atoms with van der Waals surface area (Å²) in [6.07, 6.45) is 1.22. The molecule has 0 N–H and O–H groups in total. The summed E-state index contributed by atoms with van der Waals surface area (Å²) < 4.78 is 10.4. The Kier molecular flexibility index (Phi) is 2.34. The molecule has 2 unspecified atom stereocenters. The van der Waals surface area contributed by atoms with Crippen LogP contribution in [0, 0.1) is 0 Å². The lowest BCUT2D eigenvalue weighted by molar-refractivity contribution is 0.0950. The van der Waals surface area contributed by atoms with Gasteiger partial charge in [-0.1, -0.05) is 31.2 Å². The minimum atomic E-state index is -0.0209. The molecule has 2 rings (SSSR count). The molecule has 2 heteroatoms. The van der Waals surface area contributed by atoms with Crippen molar-refractivity contribution in [3.63, 3.8) is 0 Å². The summed E-state index contributed by atoms with van der Waals surface area (Å²) in [5.74, 6) is 0. The lowest BCUT2D eigenvalue weighted by Crippen LogP contribution is -1.91. The Bertz CT molecular complexity index is 279. The van der Waals surface area contributed by atoms with Gasteiger partial charge in [0, 0.05) is 7.11 Å². The molecule has 1 aromatic carbocycles. The van der Waals surface area contributed by atoms with Crippen molar-refractivity contribution in [1.29, 1.82) is 0 Å². The molecule has 1 aliphatic heterocycles. The molecular weight excluding hydrogens is 164 g/mol. The maximum Gasteiger partial charge on any atom is 0.188 e. The van der Waals surface area contributed by atoms with E-state index in [0.717, 1.165) is 6.42 Å². The van der Waals surface area contributed by atoms with Gasteiger partial charge < -0.3 is 9.47 Å². The van der Waals surface area contributed by atoms with Crippen molar-refractivity contribution in [2.24, 2.45) is 0 Å². The fourth-order valence-corrected chi connectivity index (χ4v) is 1.46. The van der Waals surface area contributed by atoms with Crippen LogP contribution in [0.1, 0.15) is 24.2 Å². The van der Waals surface area contributed by atoms with Crippen LogP contribution in [-0.2, 0) is 15.9 Å². The van der Waals surface area contributed by atoms with E-state index in [2.05, 4.69) is 31.2 Å². The monoisotopic (exact) mass is 178 g/mol. The Labute approximate surface area is 78.5 Å². The van der Waals surface area contributed by atoms with E-state index in [-0.39, 0.29) is 12.4 Å². The second-order valence-corrected chi connectivity index (χ2v) is 3.26. The van der Waals surface area contributed by atoms with Gasteiger partial charge in [-0.25, -0.2) is 0 Å². The minimum Gasteiger partial charge on any atom is -0.353 e. The second-order valence-electron chi connectivity index (χ2n) is 3.26. The van der Waals surface area contributed by atoms with Gasteiger partial charge in [0.2, 0.25) is 0 Å². The third kappa shape index (κ3) is 1.74. The Balaban J connectivity index is 2.07. The normalized spacial score (nSPS) is 26.0. The van der Waals surface area contributed by atoms with Crippen LogP contribution in [0.25, 0.3) is 0 Å². The molecule has 0 aromatic heterocycles. The number of ether oxygens (including phenoxy) is 2. The highest BCUT2D eigenvalue weighted by Gasteiger charge is 2.40. The van der Waals surface area contributed by atoms with E-state index in [4.69, 9.17) is 9.47 Å². The quantitative estimate of drug-likeness (QED) is 0.662. The third-order valence-electron chi connectivity index (χ3n) is 2.40. The van der Waals surface area contributed by atoms with E-state index in [1.165, 1.54) is 11.1 Å². The maximum atomic E-state index is 5.30. The van der Waals surface area contributed by atoms with E-state index in [0.29, 0.717) is 0 Å². The Morgan fingerprint density at radius 2 is 2.00 bits per heavy atom. The summed E-state index contributed by atoms with van der Waals surface area (Å²) in [6, 6.07) is 8.51. The number of epoxide rings is 1. The van der Waals surface area contributed by atoms with Crippen LogP contribution in [0.3, 0.4) is 0 Å². The van der Waals surface area contributed by atoms with Gasteiger partial charge in [0.15, 0.2) is 6.29 Å². The first-order chi connectivity index (χ1) is 6.35. The number of benzene rings is 1. The summed E-state index contributed by atoms with van der Waals surface area (Å²) in [6.45, 7) is 2.15. The average Bonchev–Trinajstić information content (AvgIpc) is 2.97. The maximum absolute atomic E-state index is 5.30. The zero-order valence-electron chi connectivity index (χ0n) is 7.99. The van der Waals surface area contributed by atoms with Gasteiger partial charge in [-0.2, -0.15) is 0 Å². The zero-order valence-corrected chi connectivity index (χ0v) is 7.99. The van der Waals surface area contributed by atoms with E-state index >= 15 is 0 Å². The first-order valence-corrected chi connectivity index (χ1v) is 4.62. The van der Waals surface area contributed by atoms with Crippen LogP contribution in [0.2, 0.25) is 0 Å². The lowest BCUT2D eigenvalue weighted by atomic mass is 10.1. The topological polar surface area (TPSA) is 21.8 Å². The molecule has 0 radical (unpaired) electrons. The predicted octanol–water partition coefficient (Wildman–Crippen LogP) is 2.29. The highest BCUT2D eigenvalue weighted by molar-refractivity contribution is 5.26. The lowest BCUT2D eigenvalue weighted by Gasteiger charge is -1.98. The molecule has 1 heterocycles. The van der Waals surface area contributed by atoms with Crippen molar-refractivity contribution in [3.8, 4) is 0 Å². The summed E-state index contributed by atoms with van der Waals surface area (Å²) >= 11 is 0. The molecule has 0 saturated carbocycles. The standard InChI is InChI=1S/C11H14O2/c1-3-8-4-6-9(7-5-8)10-11(12-2)13-10/h4-7,10-11H,3H2,1-2H3. The summed E-state index contributed by atoms with van der Waals surface area (Å²) in [4.78, 5) is 0. The predicted molar refractivity (Wildman–Crippen MR) is 50.4 cm³/mol. The van der Waals surface area contributed by atoms with Crippen molar-refractivity contribution < 1.29 is 9.47 Å². The highest BCUT2D eigenvalue weighted by Crippen LogP contribution is 2.38. The summed E-state index contributed by atoms with van der Waals surface area (Å²) in [5, 5.41) is 0. The molecule has 0 spiro atoms. The van der Waals surface area contributed by atoms with Crippen molar-refractivity contribution in [1.82, 2.24) is 0 Å². The van der Waals surface area contributed by atoms with Crippen LogP contribution in [0.4, 0.5) is 0 Å². The van der Waals surface area contributed by atoms with E-state index in [9.17, 15) is 0 Å². The Morgan fingerprint density at radius 3 is 2.46 bits per heavy atom. The number of rotatable bonds is 3. The van der Waals surface area contributed by atoms with Crippen LogP contribution < -0.4 is 0 Å². The molecular formula is C11H14O2. The second kappa shape index (κ2) is 3.48. The molecule has 0 amide bonds. The molecule has 1 aliphatic rings. The Hall–Kier alpha value is -0.860. The number of methoxy groups -OCH3 is 1. The van der Waals surface area contributed by atoms with Gasteiger partial charge in [0.1, 0.15) is 6.10 Å². The molecule has 0 aliphatic carbocycles. The van der Waals surface area contributed by atoms with Crippen molar-refractivity contribution in [2.45, 2.75) is 25.7 Å².